The van der Waals surface area contributed by atoms with E-state index in [-0.39, 0.29) is 18.9 Å². The average molecular weight is 256 g/mol. The molecule has 0 radical (unpaired) electrons. The highest BCUT2D eigenvalue weighted by molar-refractivity contribution is 6.30. The van der Waals surface area contributed by atoms with Crippen molar-refractivity contribution < 1.29 is 14.3 Å². The Morgan fingerprint density at radius 1 is 1.53 bits per heavy atom. The number of rotatable bonds is 6. The SMILES string of the molecule is CCNC(=O)CCOc1ccc(Cl)cc1C=O. The van der Waals surface area contributed by atoms with Gasteiger partial charge in [-0.3, -0.25) is 9.59 Å². The molecule has 0 bridgehead atoms. The van der Waals surface area contributed by atoms with Crippen LogP contribution in [0.25, 0.3) is 0 Å². The van der Waals surface area contributed by atoms with Crippen molar-refractivity contribution >= 4 is 23.8 Å². The number of halogens is 1. The number of hydrogen-bond acceptors (Lipinski definition) is 3. The van der Waals surface area contributed by atoms with Gasteiger partial charge in [-0.2, -0.15) is 0 Å². The van der Waals surface area contributed by atoms with Crippen LogP contribution in [-0.2, 0) is 4.79 Å². The highest BCUT2D eigenvalue weighted by atomic mass is 35.5. The lowest BCUT2D eigenvalue weighted by molar-refractivity contribution is -0.121. The third-order valence-electron chi connectivity index (χ3n) is 2.06. The lowest BCUT2D eigenvalue weighted by atomic mass is 10.2. The Hall–Kier alpha value is -1.55. The molecule has 0 fully saturated rings. The Morgan fingerprint density at radius 2 is 2.29 bits per heavy atom. The monoisotopic (exact) mass is 255 g/mol. The summed E-state index contributed by atoms with van der Waals surface area (Å²) in [6.07, 6.45) is 0.933. The zero-order valence-electron chi connectivity index (χ0n) is 9.53. The van der Waals surface area contributed by atoms with Gasteiger partial charge in [0.1, 0.15) is 5.75 Å². The van der Waals surface area contributed by atoms with Gasteiger partial charge in [-0.05, 0) is 25.1 Å². The van der Waals surface area contributed by atoms with Crippen LogP contribution in [0.3, 0.4) is 0 Å². The van der Waals surface area contributed by atoms with E-state index in [1.165, 1.54) is 6.07 Å². The molecular formula is C12H14ClNO3. The molecule has 0 aliphatic rings. The molecule has 0 aliphatic carbocycles. The fraction of sp³-hybridized carbons (Fsp3) is 0.333. The average Bonchev–Trinajstić information content (AvgIpc) is 2.31. The van der Waals surface area contributed by atoms with Crippen LogP contribution < -0.4 is 10.1 Å². The number of nitrogens with one attached hydrogen (secondary N) is 1. The number of hydrogen-bond donors (Lipinski definition) is 1. The van der Waals surface area contributed by atoms with Crippen molar-refractivity contribution in [3.8, 4) is 5.75 Å². The molecule has 1 aromatic carbocycles. The van der Waals surface area contributed by atoms with Gasteiger partial charge in [0.15, 0.2) is 6.29 Å². The van der Waals surface area contributed by atoms with Crippen molar-refractivity contribution in [2.24, 2.45) is 0 Å². The lowest BCUT2D eigenvalue weighted by Gasteiger charge is -2.08. The van der Waals surface area contributed by atoms with E-state index < -0.39 is 0 Å². The summed E-state index contributed by atoms with van der Waals surface area (Å²) in [5, 5.41) is 3.14. The minimum absolute atomic E-state index is 0.0749. The van der Waals surface area contributed by atoms with Crippen LogP contribution in [0, 0.1) is 0 Å². The molecule has 0 aliphatic heterocycles. The van der Waals surface area contributed by atoms with E-state index in [9.17, 15) is 9.59 Å². The van der Waals surface area contributed by atoms with E-state index in [0.717, 1.165) is 0 Å². The molecular weight excluding hydrogens is 242 g/mol. The van der Waals surface area contributed by atoms with E-state index in [0.29, 0.717) is 29.2 Å². The van der Waals surface area contributed by atoms with E-state index in [1.807, 2.05) is 6.92 Å². The number of carbonyl (C=O) groups excluding carboxylic acids is 2. The molecule has 0 aromatic heterocycles. The molecule has 5 heteroatoms. The third-order valence-corrected chi connectivity index (χ3v) is 2.29. The Kier molecular flexibility index (Phi) is 5.49. The van der Waals surface area contributed by atoms with Crippen LogP contribution in [0.2, 0.25) is 5.02 Å². The fourth-order valence-corrected chi connectivity index (χ4v) is 1.46. The Morgan fingerprint density at radius 3 is 2.94 bits per heavy atom. The number of carbonyl (C=O) groups is 2. The van der Waals surface area contributed by atoms with Crippen molar-refractivity contribution in [2.75, 3.05) is 13.2 Å². The van der Waals surface area contributed by atoms with Crippen LogP contribution in [0.5, 0.6) is 5.75 Å². The second kappa shape index (κ2) is 6.91. The second-order valence-corrected chi connectivity index (χ2v) is 3.79. The highest BCUT2D eigenvalue weighted by Gasteiger charge is 2.05. The first kappa shape index (κ1) is 13.5. The first-order valence-corrected chi connectivity index (χ1v) is 5.69. The Labute approximate surface area is 105 Å². The molecule has 0 saturated carbocycles. The molecule has 0 spiro atoms. The van der Waals surface area contributed by atoms with Gasteiger partial charge in [-0.1, -0.05) is 11.6 Å². The maximum Gasteiger partial charge on any atom is 0.223 e. The first-order valence-electron chi connectivity index (χ1n) is 5.31. The number of benzene rings is 1. The molecule has 1 aromatic rings. The summed E-state index contributed by atoms with van der Waals surface area (Å²) in [4.78, 5) is 21.9. The van der Waals surface area contributed by atoms with E-state index in [2.05, 4.69) is 5.32 Å². The standard InChI is InChI=1S/C12H14ClNO3/c1-2-14-12(16)5-6-17-11-4-3-10(13)7-9(11)8-15/h3-4,7-8H,2,5-6H2,1H3,(H,14,16). The molecule has 0 saturated heterocycles. The molecule has 1 amide bonds. The van der Waals surface area contributed by atoms with Gasteiger partial charge in [-0.15, -0.1) is 0 Å². The summed E-state index contributed by atoms with van der Waals surface area (Å²) in [6, 6.07) is 4.77. The van der Waals surface area contributed by atoms with E-state index in [4.69, 9.17) is 16.3 Å². The van der Waals surface area contributed by atoms with Crippen LogP contribution in [-0.4, -0.2) is 25.3 Å². The van der Waals surface area contributed by atoms with Gasteiger partial charge in [0.2, 0.25) is 5.91 Å². The fourth-order valence-electron chi connectivity index (χ4n) is 1.28. The first-order chi connectivity index (χ1) is 8.17. The van der Waals surface area contributed by atoms with Crippen LogP contribution in [0.4, 0.5) is 0 Å². The molecule has 0 heterocycles. The normalized spacial score (nSPS) is 9.76. The Balaban J connectivity index is 2.51. The van der Waals surface area contributed by atoms with Gasteiger partial charge in [0.05, 0.1) is 18.6 Å². The zero-order chi connectivity index (χ0) is 12.7. The zero-order valence-corrected chi connectivity index (χ0v) is 10.3. The maximum atomic E-state index is 11.2. The third kappa shape index (κ3) is 4.44. The molecule has 4 nitrogen and oxygen atoms in total. The smallest absolute Gasteiger partial charge is 0.223 e. The van der Waals surface area contributed by atoms with Crippen LogP contribution in [0.1, 0.15) is 23.7 Å². The minimum Gasteiger partial charge on any atom is -0.492 e. The lowest BCUT2D eigenvalue weighted by Crippen LogP contribution is -2.24. The van der Waals surface area contributed by atoms with Crippen molar-refractivity contribution in [1.29, 1.82) is 0 Å². The predicted octanol–water partition coefficient (Wildman–Crippen LogP) is 2.06. The summed E-state index contributed by atoms with van der Waals surface area (Å²) < 4.78 is 5.35. The molecule has 0 atom stereocenters. The predicted molar refractivity (Wildman–Crippen MR) is 65.6 cm³/mol. The molecule has 1 N–H and O–H groups in total. The van der Waals surface area contributed by atoms with Crippen molar-refractivity contribution in [2.45, 2.75) is 13.3 Å². The van der Waals surface area contributed by atoms with Crippen molar-refractivity contribution in [1.82, 2.24) is 5.32 Å². The summed E-state index contributed by atoms with van der Waals surface area (Å²) >= 11 is 5.74. The second-order valence-electron chi connectivity index (χ2n) is 3.35. The topological polar surface area (TPSA) is 55.4 Å². The van der Waals surface area contributed by atoms with Gasteiger partial charge in [0.25, 0.3) is 0 Å². The molecule has 1 rings (SSSR count). The van der Waals surface area contributed by atoms with Crippen LogP contribution >= 0.6 is 11.6 Å². The summed E-state index contributed by atoms with van der Waals surface area (Å²) in [5.74, 6) is 0.364. The Bertz CT molecular complexity index is 407. The van der Waals surface area contributed by atoms with Gasteiger partial charge in [-0.25, -0.2) is 0 Å². The van der Waals surface area contributed by atoms with Crippen LogP contribution in [0.15, 0.2) is 18.2 Å². The van der Waals surface area contributed by atoms with Crippen molar-refractivity contribution in [3.05, 3.63) is 28.8 Å². The largest absolute Gasteiger partial charge is 0.492 e. The molecule has 17 heavy (non-hydrogen) atoms. The number of amides is 1. The quantitative estimate of drug-likeness (QED) is 0.792. The summed E-state index contributed by atoms with van der Waals surface area (Å²) in [7, 11) is 0. The van der Waals surface area contributed by atoms with E-state index >= 15 is 0 Å². The van der Waals surface area contributed by atoms with Gasteiger partial charge < -0.3 is 10.1 Å². The molecule has 0 unspecified atom stereocenters. The minimum atomic E-state index is -0.0749. The van der Waals surface area contributed by atoms with Gasteiger partial charge in [0, 0.05) is 11.6 Å². The number of aldehydes is 1. The summed E-state index contributed by atoms with van der Waals surface area (Å²) in [5.41, 5.74) is 0.383. The van der Waals surface area contributed by atoms with Crippen molar-refractivity contribution in [3.63, 3.8) is 0 Å². The maximum absolute atomic E-state index is 11.2. The summed E-state index contributed by atoms with van der Waals surface area (Å²) in [6.45, 7) is 2.68. The van der Waals surface area contributed by atoms with E-state index in [1.54, 1.807) is 12.1 Å². The highest BCUT2D eigenvalue weighted by Crippen LogP contribution is 2.21. The van der Waals surface area contributed by atoms with Gasteiger partial charge >= 0.3 is 0 Å². The number of ether oxygens (including phenoxy) is 1. The molecule has 92 valence electrons.